The molecule has 0 radical (unpaired) electrons. The fourth-order valence-corrected chi connectivity index (χ4v) is 1.72. The highest BCUT2D eigenvalue weighted by Gasteiger charge is 2.03. The SMILES string of the molecule is CC(C)CNC(=O)CNc1ccc2ccccc2n1. The van der Waals surface area contributed by atoms with E-state index in [0.717, 1.165) is 16.7 Å². The van der Waals surface area contributed by atoms with Gasteiger partial charge in [-0.1, -0.05) is 32.0 Å². The molecule has 1 amide bonds. The summed E-state index contributed by atoms with van der Waals surface area (Å²) in [6.07, 6.45) is 0. The first-order valence-electron chi connectivity index (χ1n) is 6.51. The average Bonchev–Trinajstić information content (AvgIpc) is 2.42. The lowest BCUT2D eigenvalue weighted by Crippen LogP contribution is -2.32. The van der Waals surface area contributed by atoms with Crippen LogP contribution in [-0.4, -0.2) is 24.0 Å². The third kappa shape index (κ3) is 3.95. The molecular weight excluding hydrogens is 238 g/mol. The van der Waals surface area contributed by atoms with Crippen molar-refractivity contribution in [1.82, 2.24) is 10.3 Å². The Hall–Kier alpha value is -2.10. The van der Waals surface area contributed by atoms with Crippen molar-refractivity contribution in [1.29, 1.82) is 0 Å². The fraction of sp³-hybridized carbons (Fsp3) is 0.333. The number of amides is 1. The van der Waals surface area contributed by atoms with Crippen LogP contribution in [0.3, 0.4) is 0 Å². The third-order valence-corrected chi connectivity index (χ3v) is 2.74. The Kier molecular flexibility index (Phi) is 4.34. The number of hydrogen-bond donors (Lipinski definition) is 2. The lowest BCUT2D eigenvalue weighted by molar-refractivity contribution is -0.119. The van der Waals surface area contributed by atoms with Gasteiger partial charge in [-0.05, 0) is 24.1 Å². The Balaban J connectivity index is 1.92. The Morgan fingerprint density at radius 1 is 1.21 bits per heavy atom. The minimum absolute atomic E-state index is 0.0105. The van der Waals surface area contributed by atoms with Crippen molar-refractivity contribution in [3.63, 3.8) is 0 Å². The van der Waals surface area contributed by atoms with E-state index in [1.807, 2.05) is 36.4 Å². The Bertz CT molecular complexity index is 566. The normalized spacial score (nSPS) is 10.7. The maximum atomic E-state index is 11.6. The Morgan fingerprint density at radius 2 is 2.00 bits per heavy atom. The predicted octanol–water partition coefficient (Wildman–Crippen LogP) is 2.42. The summed E-state index contributed by atoms with van der Waals surface area (Å²) in [6.45, 7) is 5.08. The summed E-state index contributed by atoms with van der Waals surface area (Å²) >= 11 is 0. The molecule has 4 heteroatoms. The number of carbonyl (C=O) groups is 1. The molecule has 19 heavy (non-hydrogen) atoms. The predicted molar refractivity (Wildman–Crippen MR) is 78.1 cm³/mol. The number of aromatic nitrogens is 1. The molecule has 0 aliphatic rings. The van der Waals surface area contributed by atoms with Gasteiger partial charge in [-0.25, -0.2) is 4.98 Å². The summed E-state index contributed by atoms with van der Waals surface area (Å²) < 4.78 is 0. The van der Waals surface area contributed by atoms with E-state index in [-0.39, 0.29) is 12.5 Å². The van der Waals surface area contributed by atoms with Crippen LogP contribution in [0.2, 0.25) is 0 Å². The van der Waals surface area contributed by atoms with Crippen LogP contribution < -0.4 is 10.6 Å². The second-order valence-corrected chi connectivity index (χ2v) is 4.94. The number of hydrogen-bond acceptors (Lipinski definition) is 3. The van der Waals surface area contributed by atoms with Crippen LogP contribution in [0.4, 0.5) is 5.82 Å². The maximum Gasteiger partial charge on any atom is 0.239 e. The lowest BCUT2D eigenvalue weighted by Gasteiger charge is -2.09. The molecule has 0 saturated carbocycles. The first kappa shape index (κ1) is 13.3. The third-order valence-electron chi connectivity index (χ3n) is 2.74. The van der Waals surface area contributed by atoms with Crippen molar-refractivity contribution in [2.24, 2.45) is 5.92 Å². The molecule has 0 atom stereocenters. The van der Waals surface area contributed by atoms with Gasteiger partial charge in [0.25, 0.3) is 0 Å². The van der Waals surface area contributed by atoms with Gasteiger partial charge in [0.2, 0.25) is 5.91 Å². The Labute approximate surface area is 113 Å². The van der Waals surface area contributed by atoms with Gasteiger partial charge < -0.3 is 10.6 Å². The topological polar surface area (TPSA) is 54.0 Å². The van der Waals surface area contributed by atoms with Crippen molar-refractivity contribution >= 4 is 22.6 Å². The molecule has 2 aromatic rings. The molecule has 0 saturated heterocycles. The first-order valence-corrected chi connectivity index (χ1v) is 6.51. The van der Waals surface area contributed by atoms with E-state index in [2.05, 4.69) is 29.5 Å². The van der Waals surface area contributed by atoms with E-state index in [1.165, 1.54) is 0 Å². The van der Waals surface area contributed by atoms with Crippen LogP contribution in [-0.2, 0) is 4.79 Å². The minimum atomic E-state index is -0.0105. The van der Waals surface area contributed by atoms with Crippen LogP contribution in [0, 0.1) is 5.92 Å². The van der Waals surface area contributed by atoms with Crippen LogP contribution in [0.15, 0.2) is 36.4 Å². The van der Waals surface area contributed by atoms with Crippen LogP contribution >= 0.6 is 0 Å². The number of para-hydroxylation sites is 1. The Morgan fingerprint density at radius 3 is 2.79 bits per heavy atom. The quantitative estimate of drug-likeness (QED) is 0.865. The summed E-state index contributed by atoms with van der Waals surface area (Å²) in [6, 6.07) is 11.8. The summed E-state index contributed by atoms with van der Waals surface area (Å²) in [5.41, 5.74) is 0.926. The summed E-state index contributed by atoms with van der Waals surface area (Å²) in [4.78, 5) is 16.0. The van der Waals surface area contributed by atoms with Crippen LogP contribution in [0.25, 0.3) is 10.9 Å². The summed E-state index contributed by atoms with van der Waals surface area (Å²) in [5.74, 6) is 1.17. The fourth-order valence-electron chi connectivity index (χ4n) is 1.72. The van der Waals surface area contributed by atoms with Crippen molar-refractivity contribution in [2.75, 3.05) is 18.4 Å². The molecule has 4 nitrogen and oxygen atoms in total. The van der Waals surface area contributed by atoms with Gasteiger partial charge in [0.15, 0.2) is 0 Å². The van der Waals surface area contributed by atoms with Gasteiger partial charge in [0.05, 0.1) is 12.1 Å². The molecule has 1 heterocycles. The number of nitrogens with zero attached hydrogens (tertiary/aromatic N) is 1. The summed E-state index contributed by atoms with van der Waals surface area (Å²) in [5, 5.41) is 6.99. The second kappa shape index (κ2) is 6.18. The number of pyridine rings is 1. The van der Waals surface area contributed by atoms with Gasteiger partial charge in [-0.3, -0.25) is 4.79 Å². The highest BCUT2D eigenvalue weighted by molar-refractivity contribution is 5.82. The van der Waals surface area contributed by atoms with Gasteiger partial charge >= 0.3 is 0 Å². The van der Waals surface area contributed by atoms with Crippen molar-refractivity contribution in [3.05, 3.63) is 36.4 Å². The van der Waals surface area contributed by atoms with E-state index >= 15 is 0 Å². The van der Waals surface area contributed by atoms with Crippen molar-refractivity contribution in [2.45, 2.75) is 13.8 Å². The second-order valence-electron chi connectivity index (χ2n) is 4.94. The molecule has 1 aromatic heterocycles. The van der Waals surface area contributed by atoms with Crippen molar-refractivity contribution < 1.29 is 4.79 Å². The van der Waals surface area contributed by atoms with E-state index < -0.39 is 0 Å². The molecule has 0 aliphatic heterocycles. The van der Waals surface area contributed by atoms with Gasteiger partial charge in [-0.15, -0.1) is 0 Å². The van der Waals surface area contributed by atoms with E-state index in [1.54, 1.807) is 0 Å². The molecule has 0 aliphatic carbocycles. The molecule has 0 fully saturated rings. The monoisotopic (exact) mass is 257 g/mol. The van der Waals surface area contributed by atoms with E-state index in [4.69, 9.17) is 0 Å². The standard InChI is InChI=1S/C15H19N3O/c1-11(2)9-17-15(19)10-16-14-8-7-12-5-3-4-6-13(12)18-14/h3-8,11H,9-10H2,1-2H3,(H,16,18)(H,17,19). The summed E-state index contributed by atoms with van der Waals surface area (Å²) in [7, 11) is 0. The molecule has 0 unspecified atom stereocenters. The van der Waals surface area contributed by atoms with E-state index in [0.29, 0.717) is 12.5 Å². The molecule has 0 spiro atoms. The molecule has 2 N–H and O–H groups in total. The minimum Gasteiger partial charge on any atom is -0.361 e. The van der Waals surface area contributed by atoms with E-state index in [9.17, 15) is 4.79 Å². The highest BCUT2D eigenvalue weighted by atomic mass is 16.1. The van der Waals surface area contributed by atoms with Gasteiger partial charge in [-0.2, -0.15) is 0 Å². The smallest absolute Gasteiger partial charge is 0.239 e. The number of carbonyl (C=O) groups excluding carboxylic acids is 1. The average molecular weight is 257 g/mol. The zero-order chi connectivity index (χ0) is 13.7. The maximum absolute atomic E-state index is 11.6. The molecule has 0 bridgehead atoms. The number of rotatable bonds is 5. The zero-order valence-electron chi connectivity index (χ0n) is 11.3. The lowest BCUT2D eigenvalue weighted by atomic mass is 10.2. The molecule has 2 rings (SSSR count). The zero-order valence-corrected chi connectivity index (χ0v) is 11.3. The van der Waals surface area contributed by atoms with Crippen LogP contribution in [0.1, 0.15) is 13.8 Å². The van der Waals surface area contributed by atoms with Crippen molar-refractivity contribution in [3.8, 4) is 0 Å². The van der Waals surface area contributed by atoms with Gasteiger partial charge in [0, 0.05) is 11.9 Å². The molecule has 1 aromatic carbocycles. The highest BCUT2D eigenvalue weighted by Crippen LogP contribution is 2.14. The number of benzene rings is 1. The largest absolute Gasteiger partial charge is 0.361 e. The number of anilines is 1. The molecule has 100 valence electrons. The number of fused-ring (bicyclic) bond motifs is 1. The van der Waals surface area contributed by atoms with Crippen LogP contribution in [0.5, 0.6) is 0 Å². The first-order chi connectivity index (χ1) is 9.15. The molecular formula is C15H19N3O. The number of nitrogens with one attached hydrogen (secondary N) is 2. The van der Waals surface area contributed by atoms with Gasteiger partial charge in [0.1, 0.15) is 5.82 Å².